The van der Waals surface area contributed by atoms with E-state index in [0.29, 0.717) is 31.5 Å². The van der Waals surface area contributed by atoms with E-state index in [1.54, 1.807) is 0 Å². The predicted octanol–water partition coefficient (Wildman–Crippen LogP) is 3.13. The molecule has 0 aromatic rings. The van der Waals surface area contributed by atoms with Crippen LogP contribution < -0.4 is 0 Å². The topological polar surface area (TPSA) is 59.1 Å². The summed E-state index contributed by atoms with van der Waals surface area (Å²) in [6, 6.07) is 0.246. The molecule has 2 amide bonds. The number of likely N-dealkylation sites (tertiary alicyclic amines) is 2. The van der Waals surface area contributed by atoms with E-state index < -0.39 is 0 Å². The Bertz CT molecular complexity index is 629. The predicted molar refractivity (Wildman–Crippen MR) is 113 cm³/mol. The first-order valence-corrected chi connectivity index (χ1v) is 12.5. The third kappa shape index (κ3) is 4.02. The van der Waals surface area contributed by atoms with Crippen molar-refractivity contribution in [2.45, 2.75) is 94.7 Å². The van der Waals surface area contributed by atoms with Crippen LogP contribution in [0.3, 0.4) is 0 Å². The Hall–Kier alpha value is -1.14. The second-order valence-corrected chi connectivity index (χ2v) is 10.4. The van der Waals surface area contributed by atoms with E-state index in [0.717, 1.165) is 57.7 Å². The van der Waals surface area contributed by atoms with E-state index >= 15 is 0 Å². The number of hydrogen-bond donors (Lipinski definition) is 0. The zero-order valence-electron chi connectivity index (χ0n) is 18.4. The molecule has 6 nitrogen and oxygen atoms in total. The van der Waals surface area contributed by atoms with Crippen LogP contribution in [-0.4, -0.2) is 72.2 Å². The first-order chi connectivity index (χ1) is 14.7. The van der Waals surface area contributed by atoms with Gasteiger partial charge in [-0.1, -0.05) is 25.7 Å². The Labute approximate surface area is 180 Å². The fraction of sp³-hybridized carbons (Fsp3) is 0.917. The zero-order valence-corrected chi connectivity index (χ0v) is 18.4. The first-order valence-electron chi connectivity index (χ1n) is 12.5. The molecule has 5 aliphatic rings. The van der Waals surface area contributed by atoms with Crippen LogP contribution in [0.15, 0.2) is 0 Å². The summed E-state index contributed by atoms with van der Waals surface area (Å²) in [6.07, 6.45) is 12.8. The summed E-state index contributed by atoms with van der Waals surface area (Å²) in [5.41, 5.74) is -0.163. The number of nitrogens with zero attached hydrogens (tertiary/aromatic N) is 2. The van der Waals surface area contributed by atoms with Crippen molar-refractivity contribution in [1.29, 1.82) is 0 Å². The molecule has 2 aliphatic carbocycles. The number of ether oxygens (including phenoxy) is 2. The average Bonchev–Trinajstić information content (AvgIpc) is 3.45. The van der Waals surface area contributed by atoms with E-state index in [-0.39, 0.29) is 23.6 Å². The molecule has 3 saturated heterocycles. The number of piperidine rings is 1. The molecular weight excluding hydrogens is 380 g/mol. The fourth-order valence-electron chi connectivity index (χ4n) is 6.31. The Morgan fingerprint density at radius 3 is 2.37 bits per heavy atom. The molecule has 2 saturated carbocycles. The van der Waals surface area contributed by atoms with Gasteiger partial charge < -0.3 is 19.3 Å². The van der Waals surface area contributed by atoms with Crippen LogP contribution in [-0.2, 0) is 19.1 Å². The van der Waals surface area contributed by atoms with Gasteiger partial charge in [0.15, 0.2) is 6.10 Å². The summed E-state index contributed by atoms with van der Waals surface area (Å²) < 4.78 is 11.8. The highest BCUT2D eigenvalue weighted by Gasteiger charge is 2.63. The molecule has 0 aromatic heterocycles. The van der Waals surface area contributed by atoms with Crippen LogP contribution in [0.25, 0.3) is 0 Å². The van der Waals surface area contributed by atoms with Gasteiger partial charge in [0.2, 0.25) is 5.91 Å². The summed E-state index contributed by atoms with van der Waals surface area (Å²) in [6.45, 7) is 3.74. The van der Waals surface area contributed by atoms with Crippen LogP contribution >= 0.6 is 0 Å². The van der Waals surface area contributed by atoms with Gasteiger partial charge in [-0.3, -0.25) is 9.59 Å². The number of rotatable bonds is 7. The van der Waals surface area contributed by atoms with Crippen molar-refractivity contribution in [3.05, 3.63) is 0 Å². The van der Waals surface area contributed by atoms with E-state index in [4.69, 9.17) is 9.47 Å². The van der Waals surface area contributed by atoms with Crippen molar-refractivity contribution in [3.63, 3.8) is 0 Å². The number of hydrogen-bond acceptors (Lipinski definition) is 4. The Kier molecular flexibility index (Phi) is 6.07. The Morgan fingerprint density at radius 1 is 1.00 bits per heavy atom. The van der Waals surface area contributed by atoms with Crippen molar-refractivity contribution >= 4 is 11.8 Å². The summed E-state index contributed by atoms with van der Waals surface area (Å²) in [4.78, 5) is 30.0. The summed E-state index contributed by atoms with van der Waals surface area (Å²) in [7, 11) is 0. The molecule has 5 fully saturated rings. The minimum atomic E-state index is -0.270. The summed E-state index contributed by atoms with van der Waals surface area (Å²) >= 11 is 0. The van der Waals surface area contributed by atoms with E-state index in [1.807, 2.05) is 4.90 Å². The van der Waals surface area contributed by atoms with Gasteiger partial charge in [0.05, 0.1) is 12.1 Å². The highest BCUT2D eigenvalue weighted by Crippen LogP contribution is 2.46. The van der Waals surface area contributed by atoms with E-state index in [9.17, 15) is 9.59 Å². The minimum Gasteiger partial charge on any atom is -0.381 e. The maximum Gasteiger partial charge on any atom is 0.254 e. The molecule has 1 atom stereocenters. The normalized spacial score (nSPS) is 30.1. The van der Waals surface area contributed by atoms with E-state index in [1.165, 1.54) is 38.5 Å². The lowest BCUT2D eigenvalue weighted by molar-refractivity contribution is -0.219. The lowest BCUT2D eigenvalue weighted by Crippen LogP contribution is -2.79. The molecule has 30 heavy (non-hydrogen) atoms. The highest BCUT2D eigenvalue weighted by atomic mass is 16.5. The summed E-state index contributed by atoms with van der Waals surface area (Å²) in [5, 5.41) is 0. The van der Waals surface area contributed by atoms with Crippen LogP contribution in [0.4, 0.5) is 0 Å². The molecular formula is C24H38N2O4. The van der Waals surface area contributed by atoms with Crippen molar-refractivity contribution < 1.29 is 19.1 Å². The van der Waals surface area contributed by atoms with Crippen LogP contribution in [0.2, 0.25) is 0 Å². The molecule has 0 N–H and O–H groups in total. The van der Waals surface area contributed by atoms with Gasteiger partial charge in [-0.2, -0.15) is 0 Å². The van der Waals surface area contributed by atoms with Crippen LogP contribution in [0, 0.1) is 11.8 Å². The van der Waals surface area contributed by atoms with Gasteiger partial charge in [-0.15, -0.1) is 0 Å². The Morgan fingerprint density at radius 2 is 1.70 bits per heavy atom. The lowest BCUT2D eigenvalue weighted by Gasteiger charge is -2.62. The molecule has 168 valence electrons. The van der Waals surface area contributed by atoms with Gasteiger partial charge in [0.1, 0.15) is 0 Å². The molecule has 0 aromatic carbocycles. The molecule has 3 heterocycles. The van der Waals surface area contributed by atoms with Gasteiger partial charge in [-0.05, 0) is 56.8 Å². The molecule has 1 unspecified atom stereocenters. The SMILES string of the molecule is O=C(CCC1CCCC1)N1CCC(N2C(=O)C(OCC3CC3)C23CCOCC3)CC1. The van der Waals surface area contributed by atoms with Gasteiger partial charge in [0, 0.05) is 38.8 Å². The van der Waals surface area contributed by atoms with Crippen molar-refractivity contribution in [2.75, 3.05) is 32.9 Å². The average molecular weight is 419 g/mol. The smallest absolute Gasteiger partial charge is 0.254 e. The minimum absolute atomic E-state index is 0.163. The maximum atomic E-state index is 13.1. The fourth-order valence-corrected chi connectivity index (χ4v) is 6.31. The number of amides is 2. The molecule has 6 heteroatoms. The lowest BCUT2D eigenvalue weighted by atomic mass is 9.72. The van der Waals surface area contributed by atoms with Crippen molar-refractivity contribution in [3.8, 4) is 0 Å². The summed E-state index contributed by atoms with van der Waals surface area (Å²) in [5.74, 6) is 1.94. The second kappa shape index (κ2) is 8.78. The van der Waals surface area contributed by atoms with Gasteiger partial charge in [0.25, 0.3) is 5.91 Å². The molecule has 5 rings (SSSR count). The zero-order chi connectivity index (χ0) is 20.6. The van der Waals surface area contributed by atoms with Gasteiger partial charge in [-0.25, -0.2) is 0 Å². The van der Waals surface area contributed by atoms with Crippen LogP contribution in [0.1, 0.15) is 77.0 Å². The third-order valence-corrected chi connectivity index (χ3v) is 8.41. The maximum absolute atomic E-state index is 13.1. The highest BCUT2D eigenvalue weighted by molar-refractivity contribution is 5.91. The number of β-lactam (4-membered cyclic amide) rings is 1. The van der Waals surface area contributed by atoms with Crippen LogP contribution in [0.5, 0.6) is 0 Å². The standard InChI is InChI=1S/C24H38N2O4/c27-21(8-7-18-3-1-2-4-18)25-13-9-20(10-14-25)26-23(28)22(30-17-19-5-6-19)24(26)11-15-29-16-12-24/h18-20,22H,1-17H2. The second-order valence-electron chi connectivity index (χ2n) is 10.4. The Balaban J connectivity index is 1.15. The van der Waals surface area contributed by atoms with E-state index in [2.05, 4.69) is 4.90 Å². The number of carbonyl (C=O) groups excluding carboxylic acids is 2. The molecule has 1 spiro atoms. The van der Waals surface area contributed by atoms with Crippen molar-refractivity contribution in [2.24, 2.45) is 11.8 Å². The quantitative estimate of drug-likeness (QED) is 0.596. The largest absolute Gasteiger partial charge is 0.381 e. The first kappa shape index (κ1) is 20.7. The molecule has 3 aliphatic heterocycles. The van der Waals surface area contributed by atoms with Gasteiger partial charge >= 0.3 is 0 Å². The monoisotopic (exact) mass is 418 g/mol. The van der Waals surface area contributed by atoms with Crippen molar-refractivity contribution in [1.82, 2.24) is 9.80 Å². The molecule has 0 radical (unpaired) electrons. The molecule has 0 bridgehead atoms. The third-order valence-electron chi connectivity index (χ3n) is 8.41. The number of carbonyl (C=O) groups is 2.